The molecule has 0 radical (unpaired) electrons. The van der Waals surface area contributed by atoms with Gasteiger partial charge in [0, 0.05) is 11.1 Å². The molecule has 10 aromatic rings. The van der Waals surface area contributed by atoms with Gasteiger partial charge in [0.05, 0.1) is 23.1 Å². The first-order valence-corrected chi connectivity index (χ1v) is 23.5. The molecule has 11 rings (SSSR count). The Balaban J connectivity index is 1.04. The third-order valence-electron chi connectivity index (χ3n) is 12.3. The van der Waals surface area contributed by atoms with Crippen molar-refractivity contribution in [2.45, 2.75) is 13.8 Å². The van der Waals surface area contributed by atoms with Crippen LogP contribution in [0.15, 0.2) is 227 Å². The lowest BCUT2D eigenvalue weighted by atomic mass is 9.84. The molecule has 0 unspecified atom stereocenters. The molecule has 1 aliphatic rings. The largest absolute Gasteiger partial charge is 0.172 e. The lowest BCUT2D eigenvalue weighted by Crippen LogP contribution is -1.98. The van der Waals surface area contributed by atoms with Crippen molar-refractivity contribution >= 4 is 67.8 Å². The highest BCUT2D eigenvalue weighted by molar-refractivity contribution is 7.58. The molecular weight excluding hydrogens is 841 g/mol. The van der Waals surface area contributed by atoms with Crippen molar-refractivity contribution in [3.05, 3.63) is 274 Å². The Morgan fingerprint density at radius 1 is 0.303 bits per heavy atom. The number of rotatable bonds is 10. The molecule has 9 aromatic carbocycles. The molecule has 6 heteroatoms. The fourth-order valence-electron chi connectivity index (χ4n) is 9.09. The Labute approximate surface area is 393 Å². The first-order chi connectivity index (χ1) is 32.6. The minimum atomic E-state index is 0.825. The van der Waals surface area contributed by atoms with Gasteiger partial charge in [-0.15, -0.1) is 0 Å². The lowest BCUT2D eigenvalue weighted by Gasteiger charge is -2.19. The maximum Gasteiger partial charge on any atom is 0.115 e. The molecule has 0 saturated carbocycles. The molecule has 0 aliphatic carbocycles. The molecule has 1 aliphatic heterocycles. The Kier molecular flexibility index (Phi) is 11.1. The molecule has 0 saturated heterocycles. The van der Waals surface area contributed by atoms with Crippen LogP contribution < -0.4 is 0 Å². The van der Waals surface area contributed by atoms with Crippen LogP contribution in [0.1, 0.15) is 55.6 Å². The van der Waals surface area contributed by atoms with Crippen molar-refractivity contribution in [2.24, 2.45) is 8.73 Å². The Morgan fingerprint density at radius 3 is 0.848 bits per heavy atom. The quantitative estimate of drug-likeness (QED) is 0.129. The molecular formula is C60H42N4S2. The van der Waals surface area contributed by atoms with Gasteiger partial charge in [-0.25, -0.2) is 0 Å². The molecule has 0 bridgehead atoms. The summed E-state index contributed by atoms with van der Waals surface area (Å²) in [5.41, 5.74) is 23.5. The van der Waals surface area contributed by atoms with Crippen LogP contribution >= 0.6 is 11.7 Å². The summed E-state index contributed by atoms with van der Waals surface area (Å²) in [6.45, 7) is 4.27. The highest BCUT2D eigenvalue weighted by Gasteiger charge is 2.27. The van der Waals surface area contributed by atoms with Gasteiger partial charge >= 0.3 is 0 Å². The summed E-state index contributed by atoms with van der Waals surface area (Å²) < 4.78 is 19.9. The van der Waals surface area contributed by atoms with Crippen LogP contribution in [0, 0.1) is 13.8 Å². The van der Waals surface area contributed by atoms with E-state index in [1.807, 2.05) is 0 Å². The van der Waals surface area contributed by atoms with E-state index in [2.05, 4.69) is 232 Å². The monoisotopic (exact) mass is 882 g/mol. The van der Waals surface area contributed by atoms with Crippen molar-refractivity contribution in [1.82, 2.24) is 8.75 Å². The summed E-state index contributed by atoms with van der Waals surface area (Å²) in [5.74, 6) is 0. The molecule has 0 spiro atoms. The van der Waals surface area contributed by atoms with Crippen LogP contribution in [-0.2, 0) is 11.4 Å². The zero-order chi connectivity index (χ0) is 44.4. The van der Waals surface area contributed by atoms with Crippen molar-refractivity contribution < 1.29 is 0 Å². The second-order valence-corrected chi connectivity index (χ2v) is 17.6. The number of nitrogens with zero attached hydrogens (tertiary/aromatic N) is 4. The minimum absolute atomic E-state index is 0.825. The van der Waals surface area contributed by atoms with Crippen molar-refractivity contribution in [3.63, 3.8) is 0 Å². The minimum Gasteiger partial charge on any atom is -0.172 e. The first-order valence-electron chi connectivity index (χ1n) is 22.1. The van der Waals surface area contributed by atoms with Gasteiger partial charge in [-0.1, -0.05) is 230 Å². The fraction of sp³-hybridized carbons (Fsp3) is 0.0333. The van der Waals surface area contributed by atoms with Crippen LogP contribution in [0.5, 0.6) is 0 Å². The van der Waals surface area contributed by atoms with E-state index in [4.69, 9.17) is 17.5 Å². The average Bonchev–Trinajstić information content (AvgIpc) is 4.07. The molecule has 314 valence electrons. The predicted octanol–water partition coefficient (Wildman–Crippen LogP) is 16.4. The number of aromatic nitrogens is 2. The van der Waals surface area contributed by atoms with Gasteiger partial charge in [0.1, 0.15) is 22.4 Å². The average molecular weight is 883 g/mol. The second-order valence-electron chi connectivity index (χ2n) is 16.5. The van der Waals surface area contributed by atoms with E-state index < -0.39 is 0 Å². The number of benzene rings is 9. The third kappa shape index (κ3) is 7.77. The smallest absolute Gasteiger partial charge is 0.115 e. The standard InChI is InChI=1S/C60H42N4S2/c1-39-23-27-45(28-24-39)51(41-15-7-3-8-16-41)53(43-19-11-5-12-20-43)47-31-35-49(36-32-47)55-57-59(63-65-61-57)56(60-58(55)62-66-64-60)50-37-33-48(34-38-50)54(44-21-13-6-14-22-44)52(42-17-9-4-10-18-42)46-29-25-40(2)26-30-46/h3-38H,1-2H3. The molecule has 0 N–H and O–H groups in total. The topological polar surface area (TPSA) is 50.5 Å². The number of hydrogen-bond acceptors (Lipinski definition) is 5. The summed E-state index contributed by atoms with van der Waals surface area (Å²) in [4.78, 5) is 0. The highest BCUT2D eigenvalue weighted by Crippen LogP contribution is 2.52. The summed E-state index contributed by atoms with van der Waals surface area (Å²) in [6, 6.07) is 78.2. The van der Waals surface area contributed by atoms with Gasteiger partial charge < -0.3 is 0 Å². The first kappa shape index (κ1) is 40.8. The van der Waals surface area contributed by atoms with Crippen LogP contribution in [0.25, 0.3) is 55.6 Å². The zero-order valence-corrected chi connectivity index (χ0v) is 38.0. The maximum atomic E-state index is 4.96. The normalized spacial score (nSPS) is 12.6. The van der Waals surface area contributed by atoms with Crippen LogP contribution in [0.3, 0.4) is 0 Å². The van der Waals surface area contributed by atoms with E-state index in [9.17, 15) is 0 Å². The summed E-state index contributed by atoms with van der Waals surface area (Å²) >= 11 is 2.46. The van der Waals surface area contributed by atoms with Crippen LogP contribution in [0.2, 0.25) is 0 Å². The van der Waals surface area contributed by atoms with Crippen molar-refractivity contribution in [1.29, 1.82) is 0 Å². The molecule has 0 atom stereocenters. The summed E-state index contributed by atoms with van der Waals surface area (Å²) in [6.07, 6.45) is 0. The number of hydrogen-bond donors (Lipinski definition) is 0. The predicted molar refractivity (Wildman–Crippen MR) is 278 cm³/mol. The van der Waals surface area contributed by atoms with E-state index >= 15 is 0 Å². The lowest BCUT2D eigenvalue weighted by molar-refractivity contribution is 1.44. The van der Waals surface area contributed by atoms with E-state index in [0.29, 0.717) is 0 Å². The second kappa shape index (κ2) is 17.9. The third-order valence-corrected chi connectivity index (χ3v) is 13.3. The van der Waals surface area contributed by atoms with Gasteiger partial charge in [0.25, 0.3) is 0 Å². The van der Waals surface area contributed by atoms with Crippen molar-refractivity contribution in [3.8, 4) is 22.3 Å². The van der Waals surface area contributed by atoms with Gasteiger partial charge in [0.15, 0.2) is 0 Å². The molecule has 66 heavy (non-hydrogen) atoms. The highest BCUT2D eigenvalue weighted by atomic mass is 32.1. The van der Waals surface area contributed by atoms with E-state index in [-0.39, 0.29) is 0 Å². The van der Waals surface area contributed by atoms with Gasteiger partial charge in [-0.2, -0.15) is 17.5 Å². The fourth-order valence-corrected chi connectivity index (χ4v) is 10.2. The van der Waals surface area contributed by atoms with Gasteiger partial charge in [-0.3, -0.25) is 0 Å². The SMILES string of the molecule is Cc1ccc(C(=C(c2ccccc2)c2ccc(-c3c4c(c(-c5ccc(C(=C(c6ccccc6)c6ccc(C)cc6)c6ccccc6)cc5)c5nsnc35)N=S=N4)cc2)c2ccccc2)cc1. The van der Waals surface area contributed by atoms with Crippen molar-refractivity contribution in [2.75, 3.05) is 0 Å². The van der Waals surface area contributed by atoms with E-state index in [1.54, 1.807) is 0 Å². The van der Waals surface area contributed by atoms with Crippen LogP contribution in [0.4, 0.5) is 11.4 Å². The Morgan fingerprint density at radius 2 is 0.561 bits per heavy atom. The van der Waals surface area contributed by atoms with Gasteiger partial charge in [0.2, 0.25) is 0 Å². The van der Waals surface area contributed by atoms with E-state index in [1.165, 1.54) is 56.5 Å². The maximum absolute atomic E-state index is 4.96. The molecule has 4 nitrogen and oxygen atoms in total. The zero-order valence-electron chi connectivity index (χ0n) is 36.4. The summed E-state index contributed by atoms with van der Waals surface area (Å²) in [7, 11) is 0. The number of fused-ring (bicyclic) bond motifs is 2. The number of aryl methyl sites for hydroxylation is 2. The molecule has 0 fully saturated rings. The van der Waals surface area contributed by atoms with E-state index in [0.717, 1.165) is 89.2 Å². The van der Waals surface area contributed by atoms with Crippen LogP contribution in [-0.4, -0.2) is 8.75 Å². The summed E-state index contributed by atoms with van der Waals surface area (Å²) in [5, 5.41) is 0. The Bertz CT molecular complexity index is 3270. The van der Waals surface area contributed by atoms with Gasteiger partial charge in [-0.05, 0) is 91.8 Å². The molecule has 1 aromatic heterocycles. The molecule has 2 heterocycles. The molecule has 0 amide bonds. The Hall–Kier alpha value is -7.90.